The third kappa shape index (κ3) is 6.71. The average molecular weight is 547 g/mol. The summed E-state index contributed by atoms with van der Waals surface area (Å²) in [5, 5.41) is 16.4. The Morgan fingerprint density at radius 2 is 1.93 bits per heavy atom. The molecule has 2 aromatic heterocycles. The Bertz CT molecular complexity index is 1590. The molecule has 9 nitrogen and oxygen atoms in total. The van der Waals surface area contributed by atoms with Crippen LogP contribution in [-0.2, 0) is 13.6 Å². The summed E-state index contributed by atoms with van der Waals surface area (Å²) in [6, 6.07) is 24.4. The highest BCUT2D eigenvalue weighted by molar-refractivity contribution is 5.93. The van der Waals surface area contributed by atoms with Gasteiger partial charge in [-0.3, -0.25) is 9.58 Å². The Morgan fingerprint density at radius 3 is 2.59 bits per heavy atom. The first kappa shape index (κ1) is 27.4. The highest BCUT2D eigenvalue weighted by atomic mass is 16.5. The van der Waals surface area contributed by atoms with Crippen LogP contribution in [0.3, 0.4) is 0 Å². The van der Waals surface area contributed by atoms with Crippen molar-refractivity contribution in [2.75, 3.05) is 12.0 Å². The summed E-state index contributed by atoms with van der Waals surface area (Å²) in [4.78, 5) is 24.2. The van der Waals surface area contributed by atoms with Crippen LogP contribution in [0.5, 0.6) is 5.75 Å². The Balaban J connectivity index is 1.35. The van der Waals surface area contributed by atoms with Gasteiger partial charge in [0.15, 0.2) is 12.3 Å². The first-order chi connectivity index (χ1) is 20.0. The van der Waals surface area contributed by atoms with Gasteiger partial charge in [0.1, 0.15) is 11.8 Å². The number of carbonyl (C=O) groups excluding carboxylic acids is 1. The normalized spacial score (nSPS) is 16.1. The lowest BCUT2D eigenvalue weighted by atomic mass is 9.86. The predicted octanol–water partition coefficient (Wildman–Crippen LogP) is 6.30. The molecule has 2 heterocycles. The molecule has 1 saturated carbocycles. The number of hydrogen-bond acceptors (Lipinski definition) is 5. The number of nitrogens with zero attached hydrogens (tertiary/aromatic N) is 6. The lowest BCUT2D eigenvalue weighted by Gasteiger charge is -2.35. The van der Waals surface area contributed by atoms with Gasteiger partial charge in [0.05, 0.1) is 30.9 Å². The first-order valence-electron chi connectivity index (χ1n) is 13.6. The van der Waals surface area contributed by atoms with E-state index < -0.39 is 0 Å². The van der Waals surface area contributed by atoms with Crippen molar-refractivity contribution < 1.29 is 9.53 Å². The third-order valence-electron chi connectivity index (χ3n) is 7.29. The summed E-state index contributed by atoms with van der Waals surface area (Å²) < 4.78 is 7.51. The molecule has 9 heteroatoms. The van der Waals surface area contributed by atoms with E-state index in [1.807, 2.05) is 66.7 Å². The number of rotatable bonds is 6. The average Bonchev–Trinajstić information content (AvgIpc) is 3.46. The zero-order chi connectivity index (χ0) is 28.6. The van der Waals surface area contributed by atoms with Gasteiger partial charge in [-0.2, -0.15) is 15.2 Å². The van der Waals surface area contributed by atoms with E-state index in [2.05, 4.69) is 32.4 Å². The lowest BCUT2D eigenvalue weighted by molar-refractivity contribution is 0.239. The van der Waals surface area contributed by atoms with E-state index in [0.29, 0.717) is 23.7 Å². The highest BCUT2D eigenvalue weighted by Gasteiger charge is 2.31. The Hall–Kier alpha value is -5.15. The van der Waals surface area contributed by atoms with Gasteiger partial charge in [0.25, 0.3) is 0 Å². The topological polar surface area (TPSA) is 100 Å². The van der Waals surface area contributed by atoms with Crippen molar-refractivity contribution >= 4 is 17.5 Å². The third-order valence-corrected chi connectivity index (χ3v) is 7.29. The lowest BCUT2D eigenvalue weighted by Crippen LogP contribution is -2.47. The number of ether oxygens (including phenoxy) is 1. The van der Waals surface area contributed by atoms with Crippen LogP contribution >= 0.6 is 0 Å². The van der Waals surface area contributed by atoms with E-state index in [1.165, 1.54) is 6.20 Å². The van der Waals surface area contributed by atoms with Gasteiger partial charge >= 0.3 is 11.8 Å². The summed E-state index contributed by atoms with van der Waals surface area (Å²) >= 11 is 0. The maximum absolute atomic E-state index is 13.7. The molecule has 1 fully saturated rings. The van der Waals surface area contributed by atoms with E-state index in [-0.39, 0.29) is 18.0 Å². The van der Waals surface area contributed by atoms with E-state index in [4.69, 9.17) is 10.00 Å². The second kappa shape index (κ2) is 12.8. The smallest absolute Gasteiger partial charge is 0.425 e. The van der Waals surface area contributed by atoms with Gasteiger partial charge in [-0.1, -0.05) is 30.3 Å². The van der Waals surface area contributed by atoms with Crippen LogP contribution in [0.15, 0.2) is 79.3 Å². The van der Waals surface area contributed by atoms with Crippen LogP contribution in [0, 0.1) is 23.3 Å². The molecular formula is C32H32N7O2+. The molecule has 1 N–H and O–H groups in total. The molecule has 2 amide bonds. The summed E-state index contributed by atoms with van der Waals surface area (Å²) in [5.74, 6) is 1.38. The SMILES string of the molecule is COc1cc(N(C(=O)NCc2ccccc2)C2CCC(C#[N+]c3ccc(C#N)cn3)CC2)ccc1-c1cnn(C)c1. The van der Waals surface area contributed by atoms with Gasteiger partial charge in [0.2, 0.25) is 0 Å². The quantitative estimate of drug-likeness (QED) is 0.306. The van der Waals surface area contributed by atoms with Crippen LogP contribution in [0.1, 0.15) is 36.8 Å². The fourth-order valence-corrected chi connectivity index (χ4v) is 5.12. The number of nitrogens with one attached hydrogen (secondary N) is 1. The number of amides is 2. The molecule has 2 aromatic carbocycles. The molecule has 0 bridgehead atoms. The molecule has 0 radical (unpaired) electrons. The monoisotopic (exact) mass is 546 g/mol. The standard InChI is InChI=1S/C32H31N7O2/c1-38-22-26(21-37-38)29-14-13-28(16-30(29)41-2)39(32(40)36-19-23-6-4-3-5-7-23)27-11-8-24(9-12-27)18-34-31-15-10-25(17-33)20-35-31/h3-7,10,13-16,20-22,24,27H,8-9,11-12,19H2,1-2H3/p+1. The molecular weight excluding hydrogens is 514 g/mol. The van der Waals surface area contributed by atoms with Crippen LogP contribution in [-0.4, -0.2) is 33.9 Å². The summed E-state index contributed by atoms with van der Waals surface area (Å²) in [6.07, 6.45) is 8.55. The molecule has 0 spiro atoms. The maximum Gasteiger partial charge on any atom is 0.425 e. The van der Waals surface area contributed by atoms with Gasteiger partial charge in [-0.25, -0.2) is 4.79 Å². The molecule has 0 unspecified atom stereocenters. The number of nitriles is 1. The molecule has 1 aliphatic rings. The summed E-state index contributed by atoms with van der Waals surface area (Å²) in [5.41, 5.74) is 4.18. The number of pyridine rings is 1. The number of carbonyl (C=O) groups is 1. The first-order valence-corrected chi connectivity index (χ1v) is 13.6. The highest BCUT2D eigenvalue weighted by Crippen LogP contribution is 2.37. The summed E-state index contributed by atoms with van der Waals surface area (Å²) in [6.45, 7) is 0.439. The number of benzene rings is 2. The fourth-order valence-electron chi connectivity index (χ4n) is 5.12. The number of methoxy groups -OCH3 is 1. The van der Waals surface area contributed by atoms with Gasteiger partial charge < -0.3 is 10.1 Å². The predicted molar refractivity (Wildman–Crippen MR) is 158 cm³/mol. The minimum atomic E-state index is -0.145. The number of aromatic nitrogens is 3. The van der Waals surface area contributed by atoms with Crippen molar-refractivity contribution in [2.45, 2.75) is 38.3 Å². The molecule has 4 aromatic rings. The van der Waals surface area contributed by atoms with E-state index in [1.54, 1.807) is 30.1 Å². The van der Waals surface area contributed by atoms with Crippen molar-refractivity contribution in [1.29, 1.82) is 5.26 Å². The van der Waals surface area contributed by atoms with Gasteiger partial charge in [-0.05, 0) is 54.4 Å². The van der Waals surface area contributed by atoms with Crippen molar-refractivity contribution in [3.63, 3.8) is 0 Å². The fraction of sp³-hybridized carbons (Fsp3) is 0.281. The van der Waals surface area contributed by atoms with E-state index >= 15 is 0 Å². The maximum atomic E-state index is 13.7. The van der Waals surface area contributed by atoms with Crippen LogP contribution in [0.25, 0.3) is 16.0 Å². The molecule has 5 rings (SSSR count). The van der Waals surface area contributed by atoms with E-state index in [9.17, 15) is 4.79 Å². The van der Waals surface area contributed by atoms with Gasteiger partial charge in [-0.15, -0.1) is 0 Å². The second-order valence-corrected chi connectivity index (χ2v) is 10.1. The van der Waals surface area contributed by atoms with Crippen molar-refractivity contribution in [3.05, 3.63) is 95.2 Å². The molecule has 0 aliphatic heterocycles. The van der Waals surface area contributed by atoms with Crippen LogP contribution in [0.4, 0.5) is 16.3 Å². The molecule has 0 saturated heterocycles. The van der Waals surface area contributed by atoms with Gasteiger partial charge in [0, 0.05) is 48.7 Å². The number of urea groups is 1. The Kier molecular flexibility index (Phi) is 8.56. The Labute approximate surface area is 239 Å². The van der Waals surface area contributed by atoms with Crippen LogP contribution in [0.2, 0.25) is 0 Å². The van der Waals surface area contributed by atoms with Crippen molar-refractivity contribution in [3.8, 4) is 29.0 Å². The molecule has 0 atom stereocenters. The number of aryl methyl sites for hydroxylation is 1. The van der Waals surface area contributed by atoms with Crippen molar-refractivity contribution in [2.24, 2.45) is 13.0 Å². The van der Waals surface area contributed by atoms with Crippen LogP contribution < -0.4 is 15.0 Å². The number of hydrogen-bond donors (Lipinski definition) is 1. The molecule has 41 heavy (non-hydrogen) atoms. The largest absolute Gasteiger partial charge is 0.496 e. The number of anilines is 1. The molecule has 206 valence electrons. The summed E-state index contributed by atoms with van der Waals surface area (Å²) in [7, 11) is 3.52. The second-order valence-electron chi connectivity index (χ2n) is 10.1. The molecule has 1 aliphatic carbocycles. The zero-order valence-electron chi connectivity index (χ0n) is 23.2. The minimum absolute atomic E-state index is 0.00538. The zero-order valence-corrected chi connectivity index (χ0v) is 23.2. The van der Waals surface area contributed by atoms with E-state index in [0.717, 1.165) is 48.1 Å². The van der Waals surface area contributed by atoms with Crippen molar-refractivity contribution in [1.82, 2.24) is 20.1 Å². The Morgan fingerprint density at radius 1 is 1.12 bits per heavy atom. The minimum Gasteiger partial charge on any atom is -0.496 e.